The van der Waals surface area contributed by atoms with Gasteiger partial charge in [-0.2, -0.15) is 0 Å². The lowest BCUT2D eigenvalue weighted by molar-refractivity contribution is 0.0270. The van der Waals surface area contributed by atoms with Gasteiger partial charge >= 0.3 is 6.09 Å². The number of fused-ring (bicyclic) bond motifs is 1. The number of rotatable bonds is 4. The van der Waals surface area contributed by atoms with Crippen molar-refractivity contribution >= 4 is 22.7 Å². The van der Waals surface area contributed by atoms with Crippen molar-refractivity contribution in [2.24, 2.45) is 0 Å². The summed E-state index contributed by atoms with van der Waals surface area (Å²) in [5.74, 6) is 1.37. The van der Waals surface area contributed by atoms with Gasteiger partial charge in [-0.1, -0.05) is 12.1 Å². The molecule has 1 aliphatic rings. The average Bonchev–Trinajstić information content (AvgIpc) is 3.12. The molecular formula is C26H31N3O4. The Labute approximate surface area is 194 Å². The second-order valence-corrected chi connectivity index (χ2v) is 9.19. The van der Waals surface area contributed by atoms with Gasteiger partial charge in [-0.05, 0) is 69.5 Å². The maximum absolute atomic E-state index is 12.4. The number of aromatic nitrogens is 2. The third-order valence-corrected chi connectivity index (χ3v) is 5.69. The second-order valence-electron chi connectivity index (χ2n) is 9.19. The number of H-pyrrole nitrogens is 1. The highest BCUT2D eigenvalue weighted by Gasteiger charge is 2.24. The van der Waals surface area contributed by atoms with Gasteiger partial charge in [-0.15, -0.1) is 0 Å². The molecule has 1 N–H and O–H groups in total. The maximum atomic E-state index is 12.4. The first kappa shape index (κ1) is 22.7. The van der Waals surface area contributed by atoms with Crippen molar-refractivity contribution < 1.29 is 19.0 Å². The zero-order valence-electron chi connectivity index (χ0n) is 20.1. The van der Waals surface area contributed by atoms with E-state index in [9.17, 15) is 4.79 Å². The SMILES string of the molecule is COc1ccc(-c2c(C)[nH]c3ccc(C4=CCN(C(=O)OC(C)(C)C)CC4)nc23)cc1OC. The number of ether oxygens (including phenoxy) is 3. The molecule has 0 spiro atoms. The predicted octanol–water partition coefficient (Wildman–Crippen LogP) is 5.58. The van der Waals surface area contributed by atoms with Crippen LogP contribution in [0.2, 0.25) is 0 Å². The Balaban J connectivity index is 1.65. The fourth-order valence-electron chi connectivity index (χ4n) is 4.11. The maximum Gasteiger partial charge on any atom is 0.410 e. The van der Waals surface area contributed by atoms with E-state index in [1.807, 2.05) is 52.0 Å². The number of methoxy groups -OCH3 is 2. The van der Waals surface area contributed by atoms with Crippen molar-refractivity contribution in [2.75, 3.05) is 27.3 Å². The van der Waals surface area contributed by atoms with Gasteiger partial charge in [0.25, 0.3) is 0 Å². The highest BCUT2D eigenvalue weighted by atomic mass is 16.6. The molecule has 0 bridgehead atoms. The lowest BCUT2D eigenvalue weighted by Crippen LogP contribution is -2.39. The third kappa shape index (κ3) is 4.67. The second kappa shape index (κ2) is 8.81. The Bertz CT molecular complexity index is 1220. The highest BCUT2D eigenvalue weighted by molar-refractivity contribution is 5.95. The lowest BCUT2D eigenvalue weighted by atomic mass is 10.0. The van der Waals surface area contributed by atoms with Crippen molar-refractivity contribution in [1.82, 2.24) is 14.9 Å². The van der Waals surface area contributed by atoms with E-state index in [1.54, 1.807) is 19.1 Å². The molecule has 3 heterocycles. The van der Waals surface area contributed by atoms with Crippen LogP contribution in [0.4, 0.5) is 4.79 Å². The summed E-state index contributed by atoms with van der Waals surface area (Å²) in [4.78, 5) is 22.6. The van der Waals surface area contributed by atoms with Crippen LogP contribution in [0, 0.1) is 6.92 Å². The third-order valence-electron chi connectivity index (χ3n) is 5.69. The van der Waals surface area contributed by atoms with Crippen LogP contribution < -0.4 is 9.47 Å². The van der Waals surface area contributed by atoms with Gasteiger partial charge in [0.1, 0.15) is 5.60 Å². The standard InChI is InChI=1S/C26H31N3O4/c1-16-23(18-7-10-21(31-5)22(15-18)32-6)24-20(27-16)9-8-19(28-24)17-11-13-29(14-12-17)25(30)33-26(2,3)4/h7-11,15,27H,12-14H2,1-6H3. The molecule has 0 fully saturated rings. The molecule has 0 radical (unpaired) electrons. The Hall–Kier alpha value is -3.48. The first-order valence-corrected chi connectivity index (χ1v) is 11.1. The summed E-state index contributed by atoms with van der Waals surface area (Å²) < 4.78 is 16.4. The molecule has 3 aromatic rings. The quantitative estimate of drug-likeness (QED) is 0.563. The largest absolute Gasteiger partial charge is 0.493 e. The molecule has 0 saturated heterocycles. The summed E-state index contributed by atoms with van der Waals surface area (Å²) in [5.41, 5.74) is 6.53. The molecule has 1 amide bonds. The molecule has 1 aliphatic heterocycles. The number of benzene rings is 1. The Morgan fingerprint density at radius 2 is 1.85 bits per heavy atom. The monoisotopic (exact) mass is 449 g/mol. The molecule has 1 aromatic carbocycles. The number of carbonyl (C=O) groups is 1. The van der Waals surface area contributed by atoms with E-state index >= 15 is 0 Å². The lowest BCUT2D eigenvalue weighted by Gasteiger charge is -2.29. The van der Waals surface area contributed by atoms with Crippen LogP contribution in [-0.4, -0.2) is 53.9 Å². The van der Waals surface area contributed by atoms with Crippen molar-refractivity contribution in [1.29, 1.82) is 0 Å². The molecule has 4 rings (SSSR count). The van der Waals surface area contributed by atoms with E-state index in [0.29, 0.717) is 24.6 Å². The molecule has 0 atom stereocenters. The molecule has 2 aromatic heterocycles. The van der Waals surface area contributed by atoms with E-state index in [1.165, 1.54) is 0 Å². The number of carbonyl (C=O) groups excluding carboxylic acids is 1. The Morgan fingerprint density at radius 1 is 1.09 bits per heavy atom. The highest BCUT2D eigenvalue weighted by Crippen LogP contribution is 2.37. The van der Waals surface area contributed by atoms with Gasteiger partial charge in [0.2, 0.25) is 0 Å². The van der Waals surface area contributed by atoms with E-state index < -0.39 is 5.60 Å². The number of aromatic amines is 1. The number of hydrogen-bond acceptors (Lipinski definition) is 5. The molecule has 0 aliphatic carbocycles. The number of aryl methyl sites for hydroxylation is 1. The molecule has 0 unspecified atom stereocenters. The first-order chi connectivity index (χ1) is 15.7. The van der Waals surface area contributed by atoms with Crippen molar-refractivity contribution in [2.45, 2.75) is 39.7 Å². The van der Waals surface area contributed by atoms with E-state index in [0.717, 1.165) is 45.5 Å². The van der Waals surface area contributed by atoms with Gasteiger partial charge in [0.05, 0.1) is 30.9 Å². The minimum Gasteiger partial charge on any atom is -0.493 e. The number of amides is 1. The summed E-state index contributed by atoms with van der Waals surface area (Å²) in [6, 6.07) is 10.00. The van der Waals surface area contributed by atoms with Crippen LogP contribution in [0.25, 0.3) is 27.7 Å². The van der Waals surface area contributed by atoms with Gasteiger partial charge < -0.3 is 24.1 Å². The average molecular weight is 450 g/mol. The van der Waals surface area contributed by atoms with E-state index in [-0.39, 0.29) is 6.09 Å². The fraction of sp³-hybridized carbons (Fsp3) is 0.385. The van der Waals surface area contributed by atoms with Crippen LogP contribution in [0.1, 0.15) is 38.6 Å². The predicted molar refractivity (Wildman–Crippen MR) is 130 cm³/mol. The van der Waals surface area contributed by atoms with Crippen LogP contribution in [0.5, 0.6) is 11.5 Å². The van der Waals surface area contributed by atoms with Crippen LogP contribution in [0.3, 0.4) is 0 Å². The van der Waals surface area contributed by atoms with Gasteiger partial charge in [0.15, 0.2) is 11.5 Å². The zero-order valence-corrected chi connectivity index (χ0v) is 20.1. The summed E-state index contributed by atoms with van der Waals surface area (Å²) in [6.45, 7) is 8.80. The smallest absolute Gasteiger partial charge is 0.410 e. The normalized spacial score (nSPS) is 14.2. The molecule has 7 heteroatoms. The molecule has 33 heavy (non-hydrogen) atoms. The molecular weight excluding hydrogens is 418 g/mol. The molecule has 0 saturated carbocycles. The van der Waals surface area contributed by atoms with Gasteiger partial charge in [-0.3, -0.25) is 0 Å². The number of pyridine rings is 1. The van der Waals surface area contributed by atoms with Crippen LogP contribution in [0.15, 0.2) is 36.4 Å². The summed E-state index contributed by atoms with van der Waals surface area (Å²) in [6.07, 6.45) is 2.52. The number of nitrogens with one attached hydrogen (secondary N) is 1. The summed E-state index contributed by atoms with van der Waals surface area (Å²) in [5, 5.41) is 0. The zero-order chi connectivity index (χ0) is 23.8. The van der Waals surface area contributed by atoms with Gasteiger partial charge in [-0.25, -0.2) is 9.78 Å². The molecule has 174 valence electrons. The van der Waals surface area contributed by atoms with Crippen molar-refractivity contribution in [3.8, 4) is 22.6 Å². The number of nitrogens with zero attached hydrogens (tertiary/aromatic N) is 2. The molecule has 7 nitrogen and oxygen atoms in total. The summed E-state index contributed by atoms with van der Waals surface area (Å²) >= 11 is 0. The summed E-state index contributed by atoms with van der Waals surface area (Å²) in [7, 11) is 3.26. The Kier molecular flexibility index (Phi) is 6.06. The number of hydrogen-bond donors (Lipinski definition) is 1. The topological polar surface area (TPSA) is 76.7 Å². The van der Waals surface area contributed by atoms with E-state index in [4.69, 9.17) is 19.2 Å². The minimum atomic E-state index is -0.500. The van der Waals surface area contributed by atoms with Crippen LogP contribution in [-0.2, 0) is 4.74 Å². The van der Waals surface area contributed by atoms with Crippen molar-refractivity contribution in [3.05, 3.63) is 47.8 Å². The Morgan fingerprint density at radius 3 is 2.48 bits per heavy atom. The minimum absolute atomic E-state index is 0.279. The van der Waals surface area contributed by atoms with Crippen molar-refractivity contribution in [3.63, 3.8) is 0 Å². The van der Waals surface area contributed by atoms with Gasteiger partial charge in [0, 0.05) is 24.3 Å². The fourth-order valence-corrected chi connectivity index (χ4v) is 4.11. The van der Waals surface area contributed by atoms with Crippen LogP contribution >= 0.6 is 0 Å². The first-order valence-electron chi connectivity index (χ1n) is 11.1. The van der Waals surface area contributed by atoms with E-state index in [2.05, 4.69) is 17.1 Å².